The Hall–Kier alpha value is -4.03. The lowest BCUT2D eigenvalue weighted by molar-refractivity contribution is -0.138. The van der Waals surface area contributed by atoms with Crippen LogP contribution >= 0.6 is 0 Å². The third-order valence-electron chi connectivity index (χ3n) is 7.60. The lowest BCUT2D eigenvalue weighted by Crippen LogP contribution is -2.50. The normalized spacial score (nSPS) is 13.1. The van der Waals surface area contributed by atoms with E-state index in [0.29, 0.717) is 18.7 Å². The van der Waals surface area contributed by atoms with Gasteiger partial charge in [-0.3, -0.25) is 9.59 Å². The molecule has 0 bridgehead atoms. The summed E-state index contributed by atoms with van der Waals surface area (Å²) in [6.07, 6.45) is 0.676. The quantitative estimate of drug-likeness (QED) is 0.128. The maximum absolute atomic E-state index is 14.9. The zero-order valence-corrected chi connectivity index (χ0v) is 29.2. The molecular formula is C35H48F2N4O5Si. The van der Waals surface area contributed by atoms with Crippen LogP contribution in [0.3, 0.4) is 0 Å². The van der Waals surface area contributed by atoms with Crippen LogP contribution < -0.4 is 16.0 Å². The average molecular weight is 671 g/mol. The van der Waals surface area contributed by atoms with Crippen LogP contribution in [0.4, 0.5) is 13.6 Å². The van der Waals surface area contributed by atoms with Crippen molar-refractivity contribution in [1.29, 1.82) is 0 Å². The van der Waals surface area contributed by atoms with Gasteiger partial charge in [-0.15, -0.1) is 0 Å². The van der Waals surface area contributed by atoms with Crippen LogP contribution in [0.2, 0.25) is 25.7 Å². The van der Waals surface area contributed by atoms with Crippen molar-refractivity contribution in [1.82, 2.24) is 20.5 Å². The highest BCUT2D eigenvalue weighted by atomic mass is 28.3. The van der Waals surface area contributed by atoms with Gasteiger partial charge in [0.1, 0.15) is 11.6 Å². The number of nitrogens with one attached hydrogen (secondary N) is 3. The van der Waals surface area contributed by atoms with E-state index in [1.165, 1.54) is 6.07 Å². The van der Waals surface area contributed by atoms with Crippen molar-refractivity contribution in [3.8, 4) is 11.1 Å². The Bertz CT molecular complexity index is 1500. The molecule has 2 aromatic carbocycles. The smallest absolute Gasteiger partial charge is 0.407 e. The summed E-state index contributed by atoms with van der Waals surface area (Å²) in [5.74, 6) is -2.63. The largest absolute Gasteiger partial charge is 0.481 e. The highest BCUT2D eigenvalue weighted by Gasteiger charge is 2.31. The monoisotopic (exact) mass is 670 g/mol. The molecule has 0 spiro atoms. The summed E-state index contributed by atoms with van der Waals surface area (Å²) >= 11 is 0. The molecule has 9 nitrogen and oxygen atoms in total. The Morgan fingerprint density at radius 2 is 1.68 bits per heavy atom. The first-order chi connectivity index (χ1) is 22.0. The molecule has 256 valence electrons. The van der Waals surface area contributed by atoms with E-state index in [1.54, 1.807) is 0 Å². The average Bonchev–Trinajstić information content (AvgIpc) is 3.37. The maximum Gasteiger partial charge on any atom is 0.407 e. The van der Waals surface area contributed by atoms with E-state index in [4.69, 9.17) is 9.84 Å². The van der Waals surface area contributed by atoms with Gasteiger partial charge in [-0.1, -0.05) is 70.7 Å². The van der Waals surface area contributed by atoms with Gasteiger partial charge in [0.05, 0.1) is 25.1 Å². The van der Waals surface area contributed by atoms with Crippen molar-refractivity contribution in [2.24, 2.45) is 5.41 Å². The van der Waals surface area contributed by atoms with Crippen molar-refractivity contribution in [2.45, 2.75) is 77.9 Å². The number of carboxylic acids is 1. The highest BCUT2D eigenvalue weighted by Crippen LogP contribution is 2.37. The molecule has 0 saturated heterocycles. The Morgan fingerprint density at radius 1 is 0.979 bits per heavy atom. The van der Waals surface area contributed by atoms with E-state index in [-0.39, 0.29) is 37.5 Å². The van der Waals surface area contributed by atoms with Crippen LogP contribution in [0, 0.1) is 17.0 Å². The zero-order valence-electron chi connectivity index (χ0n) is 28.2. The lowest BCUT2D eigenvalue weighted by atomic mass is 9.84. The number of carboxylic acid groups (broad SMARTS) is 1. The number of carbonyl (C=O) groups is 3. The number of nitrogens with zero attached hydrogens (tertiary/aromatic N) is 1. The summed E-state index contributed by atoms with van der Waals surface area (Å²) in [6, 6.07) is 14.9. The maximum atomic E-state index is 14.9. The first kappa shape index (κ1) is 37.4. The van der Waals surface area contributed by atoms with Crippen molar-refractivity contribution in [2.75, 3.05) is 19.7 Å². The Kier molecular flexibility index (Phi) is 13.3. The molecule has 2 unspecified atom stereocenters. The third-order valence-corrected chi connectivity index (χ3v) is 9.31. The molecule has 1 aromatic heterocycles. The second-order valence-corrected chi connectivity index (χ2v) is 19.7. The summed E-state index contributed by atoms with van der Waals surface area (Å²) in [7, 11) is -1.40. The zero-order chi connectivity index (χ0) is 34.8. The SMILES string of the molecule is CC(C)(C)C(NCC(CNC(=O)OCC[Si](C)(C)C)NC(=O)CCC(=O)O)c1cc(-c2cc(F)ccc2F)cn1Cc1ccccc1. The summed E-state index contributed by atoms with van der Waals surface area (Å²) in [6.45, 7) is 13.7. The topological polar surface area (TPSA) is 122 Å². The van der Waals surface area contributed by atoms with Crippen molar-refractivity contribution in [3.05, 3.63) is 83.7 Å². The van der Waals surface area contributed by atoms with Gasteiger partial charge < -0.3 is 30.4 Å². The van der Waals surface area contributed by atoms with Crippen molar-refractivity contribution in [3.63, 3.8) is 0 Å². The minimum atomic E-state index is -1.40. The number of aromatic nitrogens is 1. The molecule has 0 aliphatic carbocycles. The molecule has 2 amide bonds. The standard InChI is InChI=1S/C35H48F2N4O5Si/c1-35(2,3)33(38-20-27(40-31(42)14-15-32(43)44)21-39-34(45)46-16-17-47(4,5)6)30-18-25(28-19-26(36)12-13-29(28)37)23-41(30)22-24-10-8-7-9-11-24/h7-13,18-19,23,27,33,38H,14-17,20-22H2,1-6H3,(H,39,45)(H,40,42)(H,43,44). The number of aliphatic carboxylic acids is 1. The predicted octanol–water partition coefficient (Wildman–Crippen LogP) is 6.57. The number of halogens is 2. The number of rotatable bonds is 16. The van der Waals surface area contributed by atoms with Gasteiger partial charge in [-0.25, -0.2) is 13.6 Å². The van der Waals surface area contributed by atoms with E-state index in [2.05, 4.69) is 35.6 Å². The van der Waals surface area contributed by atoms with E-state index < -0.39 is 49.1 Å². The fourth-order valence-electron chi connectivity index (χ4n) is 5.07. The molecule has 0 fully saturated rings. The van der Waals surface area contributed by atoms with E-state index in [9.17, 15) is 23.2 Å². The number of carbonyl (C=O) groups excluding carboxylic acids is 2. The van der Waals surface area contributed by atoms with E-state index in [1.807, 2.05) is 67.9 Å². The number of benzene rings is 2. The van der Waals surface area contributed by atoms with Gasteiger partial charge >= 0.3 is 12.1 Å². The number of alkyl carbamates (subject to hydrolysis) is 1. The summed E-state index contributed by atoms with van der Waals surface area (Å²) in [5.41, 5.74) is 2.10. The molecular weight excluding hydrogens is 622 g/mol. The molecule has 3 aromatic rings. The molecule has 1 heterocycles. The first-order valence-corrected chi connectivity index (χ1v) is 19.6. The van der Waals surface area contributed by atoms with Gasteiger partial charge in [-0.2, -0.15) is 0 Å². The van der Waals surface area contributed by atoms with Gasteiger partial charge in [0, 0.05) is 57.1 Å². The fraction of sp³-hybridized carbons (Fsp3) is 0.457. The fourth-order valence-corrected chi connectivity index (χ4v) is 5.79. The minimum absolute atomic E-state index is 0.0409. The molecule has 0 aliphatic rings. The van der Waals surface area contributed by atoms with E-state index >= 15 is 0 Å². The van der Waals surface area contributed by atoms with Crippen LogP contribution in [0.15, 0.2) is 60.8 Å². The number of amides is 2. The predicted molar refractivity (Wildman–Crippen MR) is 182 cm³/mol. The molecule has 12 heteroatoms. The molecule has 47 heavy (non-hydrogen) atoms. The lowest BCUT2D eigenvalue weighted by Gasteiger charge is -2.34. The number of hydrogen-bond donors (Lipinski definition) is 4. The van der Waals surface area contributed by atoms with Gasteiger partial charge in [-0.05, 0) is 41.3 Å². The van der Waals surface area contributed by atoms with Crippen LogP contribution in [0.5, 0.6) is 0 Å². The second-order valence-electron chi connectivity index (χ2n) is 14.1. The Morgan fingerprint density at radius 3 is 2.32 bits per heavy atom. The van der Waals surface area contributed by atoms with Crippen LogP contribution in [-0.4, -0.2) is 61.5 Å². The summed E-state index contributed by atoms with van der Waals surface area (Å²) in [4.78, 5) is 36.2. The number of hydrogen-bond acceptors (Lipinski definition) is 5. The summed E-state index contributed by atoms with van der Waals surface area (Å²) < 4.78 is 36.5. The first-order valence-electron chi connectivity index (χ1n) is 15.9. The third kappa shape index (κ3) is 12.6. The van der Waals surface area contributed by atoms with Crippen molar-refractivity contribution < 1.29 is 33.0 Å². The van der Waals surface area contributed by atoms with Crippen LogP contribution in [-0.2, 0) is 20.9 Å². The van der Waals surface area contributed by atoms with Crippen LogP contribution in [0.1, 0.15) is 50.9 Å². The Labute approximate surface area is 277 Å². The molecule has 2 atom stereocenters. The van der Waals surface area contributed by atoms with Gasteiger partial charge in [0.15, 0.2) is 0 Å². The van der Waals surface area contributed by atoms with Crippen LogP contribution in [0.25, 0.3) is 11.1 Å². The minimum Gasteiger partial charge on any atom is -0.481 e. The number of ether oxygens (including phenoxy) is 1. The molecule has 0 aliphatic heterocycles. The molecule has 0 radical (unpaired) electrons. The van der Waals surface area contributed by atoms with Crippen molar-refractivity contribution >= 4 is 26.0 Å². The van der Waals surface area contributed by atoms with E-state index in [0.717, 1.165) is 29.4 Å². The molecule has 3 rings (SSSR count). The second kappa shape index (κ2) is 16.7. The van der Waals surface area contributed by atoms with Gasteiger partial charge in [0.25, 0.3) is 0 Å². The van der Waals surface area contributed by atoms with Gasteiger partial charge in [0.2, 0.25) is 5.91 Å². The highest BCUT2D eigenvalue weighted by molar-refractivity contribution is 6.76. The molecule has 4 N–H and O–H groups in total. The molecule has 0 saturated carbocycles. The summed E-state index contributed by atoms with van der Waals surface area (Å²) in [5, 5.41) is 18.1. The Balaban J connectivity index is 1.89.